The largest absolute Gasteiger partial charge is 0.207 e. The molecule has 1 atom stereocenters. The quantitative estimate of drug-likeness (QED) is 0.421. The lowest BCUT2D eigenvalue weighted by molar-refractivity contribution is 0.305. The van der Waals surface area contributed by atoms with Crippen LogP contribution in [0.1, 0.15) is 93.4 Å². The highest BCUT2D eigenvalue weighted by Gasteiger charge is 2.25. The zero-order valence-electron chi connectivity index (χ0n) is 19.4. The first-order chi connectivity index (χ1) is 15.5. The molecular formula is C29H35F3. The fourth-order valence-corrected chi connectivity index (χ4v) is 5.48. The summed E-state index contributed by atoms with van der Waals surface area (Å²) in [5, 5.41) is 0. The van der Waals surface area contributed by atoms with Gasteiger partial charge in [0.2, 0.25) is 0 Å². The van der Waals surface area contributed by atoms with Crippen molar-refractivity contribution >= 4 is 5.57 Å². The normalized spacial score (nSPS) is 23.8. The molecule has 2 aliphatic carbocycles. The van der Waals surface area contributed by atoms with E-state index in [2.05, 4.69) is 13.0 Å². The highest BCUT2D eigenvalue weighted by Crippen LogP contribution is 2.39. The highest BCUT2D eigenvalue weighted by molar-refractivity contribution is 5.67. The van der Waals surface area contributed by atoms with Crippen LogP contribution >= 0.6 is 0 Å². The van der Waals surface area contributed by atoms with Crippen LogP contribution in [0.4, 0.5) is 13.2 Å². The number of hydrogen-bond donors (Lipinski definition) is 0. The Morgan fingerprint density at radius 3 is 2.34 bits per heavy atom. The minimum atomic E-state index is -0.682. The predicted octanol–water partition coefficient (Wildman–Crippen LogP) is 8.78. The number of benzene rings is 2. The lowest BCUT2D eigenvalue weighted by Crippen LogP contribution is -2.15. The molecule has 2 aromatic rings. The van der Waals surface area contributed by atoms with Gasteiger partial charge in [-0.3, -0.25) is 0 Å². The van der Waals surface area contributed by atoms with Gasteiger partial charge in [-0.15, -0.1) is 0 Å². The van der Waals surface area contributed by atoms with Crippen molar-refractivity contribution in [3.05, 3.63) is 76.1 Å². The van der Waals surface area contributed by atoms with E-state index in [9.17, 15) is 13.2 Å². The first-order valence-electron chi connectivity index (χ1n) is 12.4. The average molecular weight is 441 g/mol. The maximum Gasteiger partial charge on any atom is 0.166 e. The SMILES string of the molecule is CCc1ccc(C2CCC(CCc3ccc(C4=CCC(C)CC4)c(F)c3F)CC2)c(F)c1. The van der Waals surface area contributed by atoms with Gasteiger partial charge in [-0.05, 0) is 110 Å². The van der Waals surface area contributed by atoms with E-state index in [0.29, 0.717) is 29.4 Å². The van der Waals surface area contributed by atoms with E-state index < -0.39 is 11.6 Å². The molecular weight excluding hydrogens is 405 g/mol. The lowest BCUT2D eigenvalue weighted by Gasteiger charge is -2.29. The molecule has 1 saturated carbocycles. The summed E-state index contributed by atoms with van der Waals surface area (Å²) >= 11 is 0. The Morgan fingerprint density at radius 2 is 1.69 bits per heavy atom. The molecule has 0 bridgehead atoms. The van der Waals surface area contributed by atoms with E-state index in [1.54, 1.807) is 18.2 Å². The summed E-state index contributed by atoms with van der Waals surface area (Å²) in [4.78, 5) is 0. The molecule has 0 saturated heterocycles. The van der Waals surface area contributed by atoms with Crippen LogP contribution in [-0.2, 0) is 12.8 Å². The van der Waals surface area contributed by atoms with Crippen LogP contribution < -0.4 is 0 Å². The summed E-state index contributed by atoms with van der Waals surface area (Å²) in [6.07, 6.45) is 11.1. The first-order valence-corrected chi connectivity index (χ1v) is 12.4. The molecule has 172 valence electrons. The molecule has 0 nitrogen and oxygen atoms in total. The summed E-state index contributed by atoms with van der Waals surface area (Å²) in [6, 6.07) is 9.22. The molecule has 2 aromatic carbocycles. The van der Waals surface area contributed by atoms with Crippen LogP contribution in [0.25, 0.3) is 5.57 Å². The molecule has 3 heteroatoms. The van der Waals surface area contributed by atoms with Gasteiger partial charge in [0.25, 0.3) is 0 Å². The van der Waals surface area contributed by atoms with Crippen molar-refractivity contribution in [2.24, 2.45) is 11.8 Å². The first kappa shape index (κ1) is 23.1. The molecule has 1 fully saturated rings. The predicted molar refractivity (Wildman–Crippen MR) is 126 cm³/mol. The van der Waals surface area contributed by atoms with Crippen molar-refractivity contribution in [2.75, 3.05) is 0 Å². The fraction of sp³-hybridized carbons (Fsp3) is 0.517. The third-order valence-electron chi connectivity index (χ3n) is 7.76. The molecule has 4 rings (SSSR count). The molecule has 0 aromatic heterocycles. The molecule has 0 radical (unpaired) electrons. The van der Waals surface area contributed by atoms with Crippen molar-refractivity contribution in [1.29, 1.82) is 0 Å². The van der Waals surface area contributed by atoms with E-state index in [1.165, 1.54) is 0 Å². The molecule has 0 aliphatic heterocycles. The Kier molecular flexibility index (Phi) is 7.43. The van der Waals surface area contributed by atoms with Gasteiger partial charge in [0.1, 0.15) is 5.82 Å². The van der Waals surface area contributed by atoms with Gasteiger partial charge >= 0.3 is 0 Å². The van der Waals surface area contributed by atoms with Gasteiger partial charge in [0.05, 0.1) is 0 Å². The Morgan fingerprint density at radius 1 is 0.906 bits per heavy atom. The van der Waals surface area contributed by atoms with Gasteiger partial charge in [0.15, 0.2) is 11.6 Å². The van der Waals surface area contributed by atoms with Crippen molar-refractivity contribution in [2.45, 2.75) is 84.0 Å². The Hall–Kier alpha value is -2.03. The van der Waals surface area contributed by atoms with E-state index >= 15 is 0 Å². The Labute approximate surface area is 190 Å². The van der Waals surface area contributed by atoms with Crippen LogP contribution in [0.2, 0.25) is 0 Å². The van der Waals surface area contributed by atoms with Gasteiger partial charge < -0.3 is 0 Å². The number of halogens is 3. The second kappa shape index (κ2) is 10.3. The van der Waals surface area contributed by atoms with E-state index in [1.807, 2.05) is 19.1 Å². The summed E-state index contributed by atoms with van der Waals surface area (Å²) in [7, 11) is 0. The van der Waals surface area contributed by atoms with Crippen molar-refractivity contribution in [3.63, 3.8) is 0 Å². The van der Waals surface area contributed by atoms with E-state index in [0.717, 1.165) is 74.5 Å². The van der Waals surface area contributed by atoms with Gasteiger partial charge in [-0.2, -0.15) is 0 Å². The minimum absolute atomic E-state index is 0.0759. The smallest absolute Gasteiger partial charge is 0.166 e. The van der Waals surface area contributed by atoms with Crippen LogP contribution in [0.5, 0.6) is 0 Å². The summed E-state index contributed by atoms with van der Waals surface area (Å²) < 4.78 is 44.1. The van der Waals surface area contributed by atoms with Crippen LogP contribution in [0, 0.1) is 29.3 Å². The number of allylic oxidation sites excluding steroid dienone is 2. The van der Waals surface area contributed by atoms with Crippen LogP contribution in [-0.4, -0.2) is 0 Å². The molecule has 0 N–H and O–H groups in total. The number of rotatable bonds is 6. The summed E-state index contributed by atoms with van der Waals surface area (Å²) in [5.74, 6) is -0.0426. The molecule has 2 aliphatic rings. The highest BCUT2D eigenvalue weighted by atomic mass is 19.2. The molecule has 1 unspecified atom stereocenters. The second-order valence-corrected chi connectivity index (χ2v) is 9.97. The lowest BCUT2D eigenvalue weighted by atomic mass is 9.76. The maximum atomic E-state index is 14.8. The zero-order chi connectivity index (χ0) is 22.7. The monoisotopic (exact) mass is 440 g/mol. The van der Waals surface area contributed by atoms with E-state index in [-0.39, 0.29) is 11.7 Å². The molecule has 0 amide bonds. The maximum absolute atomic E-state index is 14.8. The standard InChI is InChI=1S/C29H35F3/c1-3-20-9-16-25(27(30)18-20)22-12-6-21(7-13-22)8-14-24-15-17-26(29(32)28(24)31)23-10-4-19(2)5-11-23/h9-10,15-19,21-22H,3-8,11-14H2,1-2H3. The third-order valence-corrected chi connectivity index (χ3v) is 7.76. The summed E-state index contributed by atoms with van der Waals surface area (Å²) in [5.41, 5.74) is 3.75. The summed E-state index contributed by atoms with van der Waals surface area (Å²) in [6.45, 7) is 4.23. The van der Waals surface area contributed by atoms with Crippen LogP contribution in [0.3, 0.4) is 0 Å². The number of hydrogen-bond acceptors (Lipinski definition) is 0. The van der Waals surface area contributed by atoms with Crippen LogP contribution in [0.15, 0.2) is 36.4 Å². The van der Waals surface area contributed by atoms with Crippen molar-refractivity contribution < 1.29 is 13.2 Å². The second-order valence-electron chi connectivity index (χ2n) is 9.97. The topological polar surface area (TPSA) is 0 Å². The van der Waals surface area contributed by atoms with E-state index in [4.69, 9.17) is 0 Å². The Bertz CT molecular complexity index is 967. The van der Waals surface area contributed by atoms with Gasteiger partial charge in [0, 0.05) is 5.56 Å². The fourth-order valence-electron chi connectivity index (χ4n) is 5.48. The number of aryl methyl sites for hydroxylation is 2. The molecule has 0 spiro atoms. The average Bonchev–Trinajstić information content (AvgIpc) is 2.81. The van der Waals surface area contributed by atoms with Crippen molar-refractivity contribution in [3.8, 4) is 0 Å². The Balaban J connectivity index is 1.33. The zero-order valence-corrected chi connectivity index (χ0v) is 19.4. The van der Waals surface area contributed by atoms with Gasteiger partial charge in [-0.25, -0.2) is 13.2 Å². The van der Waals surface area contributed by atoms with Crippen molar-refractivity contribution in [1.82, 2.24) is 0 Å². The minimum Gasteiger partial charge on any atom is -0.207 e. The van der Waals surface area contributed by atoms with Gasteiger partial charge in [-0.1, -0.05) is 44.2 Å². The molecule has 32 heavy (non-hydrogen) atoms. The molecule has 0 heterocycles. The third kappa shape index (κ3) is 5.13.